The maximum Gasteiger partial charge on any atom is 0.423 e. The zero-order chi connectivity index (χ0) is 27.9. The van der Waals surface area contributed by atoms with E-state index in [4.69, 9.17) is 32.4 Å². The number of halogens is 6. The number of hydrogen-bond donors (Lipinski definition) is 4. The molecule has 38 heavy (non-hydrogen) atoms. The number of alkyl halides is 6. The zero-order valence-corrected chi connectivity index (χ0v) is 19.5. The molecule has 0 aliphatic carbocycles. The third-order valence-electron chi connectivity index (χ3n) is 5.86. The number of benzene rings is 4. The smallest absolute Gasteiger partial charge is 0.423 e. The molecule has 0 saturated carbocycles. The summed E-state index contributed by atoms with van der Waals surface area (Å²) in [5.74, 6) is 1.30. The van der Waals surface area contributed by atoms with E-state index < -0.39 is 23.7 Å². The van der Waals surface area contributed by atoms with Crippen molar-refractivity contribution in [3.05, 3.63) is 96.1 Å². The Morgan fingerprint density at radius 1 is 0.421 bits per heavy atom. The molecule has 0 saturated heterocycles. The van der Waals surface area contributed by atoms with E-state index in [1.165, 1.54) is 24.3 Å². The lowest BCUT2D eigenvalue weighted by Crippen LogP contribution is -2.57. The van der Waals surface area contributed by atoms with Crippen LogP contribution in [0.4, 0.5) is 26.3 Å². The Kier molecular flexibility index (Phi) is 6.78. The van der Waals surface area contributed by atoms with Crippen LogP contribution < -0.4 is 32.4 Å². The largest absolute Gasteiger partial charge is 0.457 e. The molecular weight excluding hydrogens is 514 g/mol. The van der Waals surface area contributed by atoms with Gasteiger partial charge in [-0.2, -0.15) is 26.3 Å². The molecule has 12 heteroatoms. The zero-order valence-electron chi connectivity index (χ0n) is 19.5. The number of rotatable bonds is 6. The molecule has 8 N–H and O–H groups in total. The quantitative estimate of drug-likeness (QED) is 0.186. The van der Waals surface area contributed by atoms with Gasteiger partial charge in [-0.3, -0.25) is 0 Å². The summed E-state index contributed by atoms with van der Waals surface area (Å²) in [6.07, 6.45) is -9.67. The van der Waals surface area contributed by atoms with Crippen molar-refractivity contribution in [1.82, 2.24) is 0 Å². The van der Waals surface area contributed by atoms with Gasteiger partial charge in [0, 0.05) is 0 Å². The normalized spacial score (nSPS) is 13.0. The van der Waals surface area contributed by atoms with Crippen LogP contribution in [0.5, 0.6) is 23.0 Å². The van der Waals surface area contributed by atoms with E-state index in [0.717, 1.165) is 29.7 Å². The Bertz CT molecular complexity index is 1330. The van der Waals surface area contributed by atoms with Crippen LogP contribution in [-0.2, 0) is 11.3 Å². The van der Waals surface area contributed by atoms with E-state index in [9.17, 15) is 26.3 Å². The first-order chi connectivity index (χ1) is 17.6. The molecule has 0 unspecified atom stereocenters. The van der Waals surface area contributed by atoms with Crippen molar-refractivity contribution >= 4 is 10.8 Å². The van der Waals surface area contributed by atoms with E-state index in [1.54, 1.807) is 36.4 Å². The molecule has 4 rings (SSSR count). The van der Waals surface area contributed by atoms with Gasteiger partial charge in [-0.15, -0.1) is 0 Å². The van der Waals surface area contributed by atoms with Crippen LogP contribution in [0.2, 0.25) is 0 Å². The highest BCUT2D eigenvalue weighted by Gasteiger charge is 2.51. The molecule has 0 amide bonds. The first-order valence-corrected chi connectivity index (χ1v) is 11.0. The van der Waals surface area contributed by atoms with Gasteiger partial charge in [0.15, 0.2) is 11.3 Å². The molecule has 200 valence electrons. The van der Waals surface area contributed by atoms with Crippen molar-refractivity contribution in [2.75, 3.05) is 0 Å². The fraction of sp³-hybridized carbons (Fsp3) is 0.154. The van der Waals surface area contributed by atoms with Crippen molar-refractivity contribution in [2.24, 2.45) is 22.9 Å². The molecule has 0 aliphatic heterocycles. The fourth-order valence-corrected chi connectivity index (χ4v) is 3.53. The maximum absolute atomic E-state index is 13.1. The van der Waals surface area contributed by atoms with Crippen LogP contribution in [0.25, 0.3) is 10.8 Å². The average Bonchev–Trinajstić information content (AvgIpc) is 2.83. The van der Waals surface area contributed by atoms with E-state index in [1.807, 2.05) is 0 Å². The molecule has 0 bridgehead atoms. The number of ether oxygens (including phenoxy) is 2. The lowest BCUT2D eigenvalue weighted by molar-refractivity contribution is -0.188. The second kappa shape index (κ2) is 9.48. The highest BCUT2D eigenvalue weighted by atomic mass is 19.4. The third kappa shape index (κ3) is 5.38. The molecule has 4 aromatic rings. The molecule has 0 atom stereocenters. The lowest BCUT2D eigenvalue weighted by Gasteiger charge is -2.27. The molecule has 0 spiro atoms. The molecule has 6 nitrogen and oxygen atoms in total. The Labute approximate surface area is 212 Å². The molecule has 4 aromatic carbocycles. The van der Waals surface area contributed by atoms with Crippen molar-refractivity contribution in [2.45, 2.75) is 23.7 Å². The van der Waals surface area contributed by atoms with E-state index in [0.29, 0.717) is 16.9 Å². The van der Waals surface area contributed by atoms with Gasteiger partial charge in [-0.1, -0.05) is 36.4 Å². The van der Waals surface area contributed by atoms with Crippen molar-refractivity contribution in [3.8, 4) is 23.0 Å². The fourth-order valence-electron chi connectivity index (χ4n) is 3.53. The van der Waals surface area contributed by atoms with Crippen LogP contribution >= 0.6 is 0 Å². The van der Waals surface area contributed by atoms with Crippen LogP contribution in [-0.4, -0.2) is 12.4 Å². The first-order valence-electron chi connectivity index (χ1n) is 11.0. The minimum atomic E-state index is -4.84. The predicted octanol–water partition coefficient (Wildman–Crippen LogP) is 5.69. The summed E-state index contributed by atoms with van der Waals surface area (Å²) in [6, 6.07) is 20.1. The van der Waals surface area contributed by atoms with Gasteiger partial charge in [0.05, 0.1) is 0 Å². The highest BCUT2D eigenvalue weighted by Crippen LogP contribution is 2.36. The van der Waals surface area contributed by atoms with Gasteiger partial charge in [-0.25, -0.2) is 0 Å². The molecular formula is C26H22F6N4O2. The van der Waals surface area contributed by atoms with Crippen LogP contribution in [0, 0.1) is 0 Å². The van der Waals surface area contributed by atoms with E-state index in [-0.39, 0.29) is 22.6 Å². The average molecular weight is 536 g/mol. The minimum absolute atomic E-state index is 0.258. The summed E-state index contributed by atoms with van der Waals surface area (Å²) in [6.45, 7) is 0. The Morgan fingerprint density at radius 2 is 0.737 bits per heavy atom. The monoisotopic (exact) mass is 536 g/mol. The summed E-state index contributed by atoms with van der Waals surface area (Å²) < 4.78 is 89.8. The Morgan fingerprint density at radius 3 is 1.05 bits per heavy atom. The molecule has 0 fully saturated rings. The molecule has 0 heterocycles. The van der Waals surface area contributed by atoms with Gasteiger partial charge >= 0.3 is 12.4 Å². The number of nitrogens with two attached hydrogens (primary N) is 4. The van der Waals surface area contributed by atoms with Gasteiger partial charge < -0.3 is 32.4 Å². The SMILES string of the molecule is NC(N)(c1ccc(Oc2ccc3ccc(Oc4ccc(C(N)(N)C(F)(F)F)cc4)cc3c2)cc1)C(F)(F)F. The van der Waals surface area contributed by atoms with E-state index >= 15 is 0 Å². The second-order valence-corrected chi connectivity index (χ2v) is 8.66. The van der Waals surface area contributed by atoms with E-state index in [2.05, 4.69) is 0 Å². The second-order valence-electron chi connectivity index (χ2n) is 8.66. The molecule has 0 aliphatic rings. The highest BCUT2D eigenvalue weighted by molar-refractivity contribution is 5.85. The third-order valence-corrected chi connectivity index (χ3v) is 5.86. The van der Waals surface area contributed by atoms with Crippen LogP contribution in [0.1, 0.15) is 11.1 Å². The standard InChI is InChI=1S/C26H22F6N4O2/c27-25(28,29)23(33,34)17-3-9-19(10-4-17)37-21-7-1-15-2-8-22(14-16(15)13-21)38-20-11-5-18(6-12-20)24(35,36)26(30,31)32/h1-14H,33-36H2. The number of fused-ring (bicyclic) bond motifs is 1. The van der Waals surface area contributed by atoms with Gasteiger partial charge in [0.1, 0.15) is 23.0 Å². The van der Waals surface area contributed by atoms with Crippen LogP contribution in [0.15, 0.2) is 84.9 Å². The summed E-state index contributed by atoms with van der Waals surface area (Å²) >= 11 is 0. The Balaban J connectivity index is 1.51. The lowest BCUT2D eigenvalue weighted by atomic mass is 10.0. The molecule has 0 radical (unpaired) electrons. The number of hydrogen-bond acceptors (Lipinski definition) is 6. The maximum atomic E-state index is 13.1. The first kappa shape index (κ1) is 27.2. The van der Waals surface area contributed by atoms with Crippen LogP contribution in [0.3, 0.4) is 0 Å². The van der Waals surface area contributed by atoms with Gasteiger partial charge in [0.2, 0.25) is 0 Å². The van der Waals surface area contributed by atoms with Crippen molar-refractivity contribution in [3.63, 3.8) is 0 Å². The molecule has 0 aromatic heterocycles. The summed E-state index contributed by atoms with van der Waals surface area (Å²) in [7, 11) is 0. The van der Waals surface area contributed by atoms with Gasteiger partial charge in [-0.05, 0) is 70.4 Å². The predicted molar refractivity (Wildman–Crippen MR) is 129 cm³/mol. The summed E-state index contributed by atoms with van der Waals surface area (Å²) in [5, 5.41) is 1.53. The van der Waals surface area contributed by atoms with Crippen molar-refractivity contribution < 1.29 is 35.8 Å². The Hall–Kier alpha value is -3.84. The minimum Gasteiger partial charge on any atom is -0.457 e. The summed E-state index contributed by atoms with van der Waals surface area (Å²) in [4.78, 5) is 0. The summed E-state index contributed by atoms with van der Waals surface area (Å²) in [5.41, 5.74) is 14.3. The van der Waals surface area contributed by atoms with Crippen molar-refractivity contribution in [1.29, 1.82) is 0 Å². The topological polar surface area (TPSA) is 123 Å². The van der Waals surface area contributed by atoms with Gasteiger partial charge in [0.25, 0.3) is 0 Å².